The summed E-state index contributed by atoms with van der Waals surface area (Å²) in [4.78, 5) is 24.7. The molecule has 0 bridgehead atoms. The summed E-state index contributed by atoms with van der Waals surface area (Å²) in [5.41, 5.74) is 3.47. The van der Waals surface area contributed by atoms with Crippen molar-refractivity contribution in [1.29, 1.82) is 0 Å². The van der Waals surface area contributed by atoms with Crippen LogP contribution in [-0.4, -0.2) is 15.0 Å². The molecule has 0 atom stereocenters. The van der Waals surface area contributed by atoms with E-state index in [2.05, 4.69) is 24.4 Å². The van der Waals surface area contributed by atoms with Crippen molar-refractivity contribution >= 4 is 16.8 Å². The van der Waals surface area contributed by atoms with Crippen molar-refractivity contribution in [3.8, 4) is 0 Å². The molecule has 0 saturated heterocycles. The van der Waals surface area contributed by atoms with Gasteiger partial charge < -0.3 is 14.5 Å². The molecule has 0 unspecified atom stereocenters. The van der Waals surface area contributed by atoms with E-state index in [-0.39, 0.29) is 11.5 Å². The highest BCUT2D eigenvalue weighted by molar-refractivity contribution is 5.98. The second kappa shape index (κ2) is 6.35. The molecule has 0 fully saturated rings. The minimum atomic E-state index is -0.185. The van der Waals surface area contributed by atoms with Crippen LogP contribution in [0.2, 0.25) is 0 Å². The number of benzene rings is 1. The van der Waals surface area contributed by atoms with E-state index in [9.17, 15) is 9.59 Å². The number of rotatable bonds is 4. The fraction of sp³-hybridized carbons (Fsp3) is 0.263. The van der Waals surface area contributed by atoms with Gasteiger partial charge in [0.25, 0.3) is 11.5 Å². The molecule has 1 N–H and O–H groups in total. The van der Waals surface area contributed by atoms with Crippen molar-refractivity contribution in [3.63, 3.8) is 0 Å². The van der Waals surface area contributed by atoms with Crippen LogP contribution in [0.25, 0.3) is 10.9 Å². The molecule has 1 aromatic carbocycles. The zero-order valence-corrected chi connectivity index (χ0v) is 14.2. The molecule has 5 heteroatoms. The predicted molar refractivity (Wildman–Crippen MR) is 95.2 cm³/mol. The Labute approximate surface area is 140 Å². The number of aromatic nitrogens is 2. The molecule has 0 saturated carbocycles. The first-order chi connectivity index (χ1) is 11.5. The molecule has 0 spiro atoms. The van der Waals surface area contributed by atoms with Crippen LogP contribution in [0.5, 0.6) is 0 Å². The van der Waals surface area contributed by atoms with Gasteiger partial charge in [-0.05, 0) is 29.7 Å². The van der Waals surface area contributed by atoms with E-state index in [1.165, 1.54) is 10.1 Å². The number of amides is 1. The Morgan fingerprint density at radius 1 is 1.08 bits per heavy atom. The van der Waals surface area contributed by atoms with Gasteiger partial charge in [0.15, 0.2) is 0 Å². The molecule has 0 aliphatic heterocycles. The normalized spacial score (nSPS) is 11.0. The maximum Gasteiger partial charge on any atom is 0.268 e. The summed E-state index contributed by atoms with van der Waals surface area (Å²) in [6.45, 7) is 2.57. The summed E-state index contributed by atoms with van der Waals surface area (Å²) in [6, 6.07) is 11.7. The van der Waals surface area contributed by atoms with E-state index < -0.39 is 0 Å². The van der Waals surface area contributed by atoms with Gasteiger partial charge in [0.2, 0.25) is 0 Å². The Hall–Kier alpha value is -2.82. The Morgan fingerprint density at radius 3 is 2.42 bits per heavy atom. The predicted octanol–water partition coefficient (Wildman–Crippen LogP) is 2.37. The standard InChI is InChI=1S/C19H21N3O2/c1-4-13-5-7-14(8-6-13)12-20-18(23)17-11-15-16(22(17)3)9-10-21(2)19(15)24/h5-11H,4,12H2,1-3H3,(H,20,23). The van der Waals surface area contributed by atoms with Crippen LogP contribution in [0, 0.1) is 0 Å². The lowest BCUT2D eigenvalue weighted by atomic mass is 10.1. The minimum absolute atomic E-state index is 0.0997. The second-order valence-electron chi connectivity index (χ2n) is 5.97. The number of carbonyl (C=O) groups is 1. The highest BCUT2D eigenvalue weighted by Gasteiger charge is 2.15. The van der Waals surface area contributed by atoms with Gasteiger partial charge in [-0.3, -0.25) is 9.59 Å². The van der Waals surface area contributed by atoms with Gasteiger partial charge in [-0.15, -0.1) is 0 Å². The van der Waals surface area contributed by atoms with Crippen LogP contribution in [-0.2, 0) is 27.1 Å². The van der Waals surface area contributed by atoms with Gasteiger partial charge in [-0.25, -0.2) is 0 Å². The van der Waals surface area contributed by atoms with Crippen molar-refractivity contribution in [2.75, 3.05) is 0 Å². The van der Waals surface area contributed by atoms with E-state index in [0.29, 0.717) is 17.6 Å². The molecule has 2 aromatic heterocycles. The Kier molecular flexibility index (Phi) is 4.25. The minimum Gasteiger partial charge on any atom is -0.347 e. The van der Waals surface area contributed by atoms with Crippen LogP contribution in [0.15, 0.2) is 47.4 Å². The number of nitrogens with one attached hydrogen (secondary N) is 1. The molecular weight excluding hydrogens is 302 g/mol. The van der Waals surface area contributed by atoms with Crippen LogP contribution in [0.1, 0.15) is 28.5 Å². The molecule has 0 radical (unpaired) electrons. The first-order valence-corrected chi connectivity index (χ1v) is 8.02. The van der Waals surface area contributed by atoms with Crippen molar-refractivity contribution < 1.29 is 4.79 Å². The zero-order valence-electron chi connectivity index (χ0n) is 14.2. The molecule has 2 heterocycles. The largest absolute Gasteiger partial charge is 0.347 e. The van der Waals surface area contributed by atoms with Gasteiger partial charge in [0.05, 0.1) is 10.9 Å². The maximum absolute atomic E-state index is 12.5. The monoisotopic (exact) mass is 323 g/mol. The van der Waals surface area contributed by atoms with E-state index in [1.54, 1.807) is 30.9 Å². The van der Waals surface area contributed by atoms with Gasteiger partial charge in [0.1, 0.15) is 5.69 Å². The van der Waals surface area contributed by atoms with Crippen molar-refractivity contribution in [3.05, 3.63) is 69.8 Å². The van der Waals surface area contributed by atoms with Crippen LogP contribution >= 0.6 is 0 Å². The molecule has 0 aliphatic carbocycles. The Morgan fingerprint density at radius 2 is 1.75 bits per heavy atom. The average molecular weight is 323 g/mol. The number of carbonyl (C=O) groups excluding carboxylic acids is 1. The van der Waals surface area contributed by atoms with E-state index >= 15 is 0 Å². The van der Waals surface area contributed by atoms with Crippen molar-refractivity contribution in [2.24, 2.45) is 14.1 Å². The summed E-state index contributed by atoms with van der Waals surface area (Å²) in [5, 5.41) is 3.48. The van der Waals surface area contributed by atoms with Crippen LogP contribution in [0.4, 0.5) is 0 Å². The molecule has 3 rings (SSSR count). The van der Waals surface area contributed by atoms with E-state index in [1.807, 2.05) is 18.2 Å². The Balaban J connectivity index is 1.82. The smallest absolute Gasteiger partial charge is 0.268 e. The summed E-state index contributed by atoms with van der Waals surface area (Å²) in [5.74, 6) is -0.185. The van der Waals surface area contributed by atoms with Gasteiger partial charge in [-0.1, -0.05) is 31.2 Å². The van der Waals surface area contributed by atoms with E-state index in [4.69, 9.17) is 0 Å². The van der Waals surface area contributed by atoms with Gasteiger partial charge in [-0.2, -0.15) is 0 Å². The number of nitrogens with zero attached hydrogens (tertiary/aromatic N) is 2. The zero-order chi connectivity index (χ0) is 17.3. The third kappa shape index (κ3) is 2.85. The number of hydrogen-bond acceptors (Lipinski definition) is 2. The lowest BCUT2D eigenvalue weighted by Crippen LogP contribution is -2.24. The molecule has 3 aromatic rings. The van der Waals surface area contributed by atoms with Crippen molar-refractivity contribution in [2.45, 2.75) is 19.9 Å². The molecule has 124 valence electrons. The van der Waals surface area contributed by atoms with Crippen molar-refractivity contribution in [1.82, 2.24) is 14.5 Å². The topological polar surface area (TPSA) is 56.0 Å². The van der Waals surface area contributed by atoms with E-state index in [0.717, 1.165) is 17.5 Å². The summed E-state index contributed by atoms with van der Waals surface area (Å²) >= 11 is 0. The summed E-state index contributed by atoms with van der Waals surface area (Å²) < 4.78 is 3.27. The number of fused-ring (bicyclic) bond motifs is 1. The average Bonchev–Trinajstić information content (AvgIpc) is 2.94. The first-order valence-electron chi connectivity index (χ1n) is 8.02. The summed E-state index contributed by atoms with van der Waals surface area (Å²) in [6.07, 6.45) is 2.71. The number of aryl methyl sites for hydroxylation is 3. The highest BCUT2D eigenvalue weighted by atomic mass is 16.2. The third-order valence-electron chi connectivity index (χ3n) is 4.40. The quantitative estimate of drug-likeness (QED) is 0.801. The molecular formula is C19H21N3O2. The first kappa shape index (κ1) is 16.1. The highest BCUT2D eigenvalue weighted by Crippen LogP contribution is 2.15. The number of pyridine rings is 1. The fourth-order valence-electron chi connectivity index (χ4n) is 2.81. The number of hydrogen-bond donors (Lipinski definition) is 1. The molecule has 24 heavy (non-hydrogen) atoms. The maximum atomic E-state index is 12.5. The molecule has 0 aliphatic rings. The molecule has 5 nitrogen and oxygen atoms in total. The van der Waals surface area contributed by atoms with Gasteiger partial charge in [0, 0.05) is 26.8 Å². The second-order valence-corrected chi connectivity index (χ2v) is 5.97. The van der Waals surface area contributed by atoms with Crippen LogP contribution in [0.3, 0.4) is 0 Å². The van der Waals surface area contributed by atoms with Crippen LogP contribution < -0.4 is 10.9 Å². The summed E-state index contributed by atoms with van der Waals surface area (Å²) in [7, 11) is 3.50. The third-order valence-corrected chi connectivity index (χ3v) is 4.40. The molecule has 1 amide bonds. The lowest BCUT2D eigenvalue weighted by molar-refractivity contribution is 0.0943. The SMILES string of the molecule is CCc1ccc(CNC(=O)c2cc3c(=O)n(C)ccc3n2C)cc1. The Bertz CT molecular complexity index is 949. The lowest BCUT2D eigenvalue weighted by Gasteiger charge is -2.07. The fourth-order valence-corrected chi connectivity index (χ4v) is 2.81. The van der Waals surface area contributed by atoms with Gasteiger partial charge >= 0.3 is 0 Å².